The normalized spacial score (nSPS) is 22.3. The van der Waals surface area contributed by atoms with E-state index in [0.717, 1.165) is 43.6 Å². The molecule has 9 heteroatoms. The summed E-state index contributed by atoms with van der Waals surface area (Å²) < 4.78 is 39.4. The average molecular weight is 593 g/mol. The first-order valence-corrected chi connectivity index (χ1v) is 14.9. The van der Waals surface area contributed by atoms with Crippen LogP contribution in [0.25, 0.3) is 0 Å². The van der Waals surface area contributed by atoms with Crippen LogP contribution in [0.3, 0.4) is 0 Å². The molecule has 228 valence electrons. The van der Waals surface area contributed by atoms with E-state index in [4.69, 9.17) is 5.73 Å². The smallest absolute Gasteiger partial charge is 0.343 e. The van der Waals surface area contributed by atoms with Gasteiger partial charge in [-0.3, -0.25) is 9.59 Å². The number of hydrogen-bond donors (Lipinski definition) is 2. The molecular weight excluding hydrogens is 553 g/mol. The fourth-order valence-corrected chi connectivity index (χ4v) is 6.39. The molecule has 0 saturated carbocycles. The predicted molar refractivity (Wildman–Crippen MR) is 160 cm³/mol. The zero-order valence-corrected chi connectivity index (χ0v) is 24.3. The lowest BCUT2D eigenvalue weighted by molar-refractivity contribution is -0.138. The third-order valence-electron chi connectivity index (χ3n) is 8.73. The third-order valence-corrected chi connectivity index (χ3v) is 8.73. The van der Waals surface area contributed by atoms with Gasteiger partial charge in [-0.05, 0) is 61.1 Å². The van der Waals surface area contributed by atoms with Crippen LogP contribution in [-0.2, 0) is 22.2 Å². The second-order valence-corrected chi connectivity index (χ2v) is 11.9. The minimum Gasteiger partial charge on any atom is -0.343 e. The van der Waals surface area contributed by atoms with Crippen molar-refractivity contribution in [1.29, 1.82) is 0 Å². The molecule has 2 heterocycles. The molecule has 0 spiro atoms. The number of halogens is 3. The molecule has 3 aromatic rings. The number of rotatable bonds is 9. The number of hydrogen-bond acceptors (Lipinski definition) is 4. The second kappa shape index (κ2) is 13.3. The van der Waals surface area contributed by atoms with Crippen LogP contribution in [0.4, 0.5) is 13.2 Å². The van der Waals surface area contributed by atoms with Crippen molar-refractivity contribution in [2.24, 2.45) is 5.73 Å². The lowest BCUT2D eigenvalue weighted by atomic mass is 9.96. The van der Waals surface area contributed by atoms with Crippen molar-refractivity contribution in [3.8, 4) is 0 Å². The summed E-state index contributed by atoms with van der Waals surface area (Å²) in [5.74, 6) is -0.144. The monoisotopic (exact) mass is 592 g/mol. The van der Waals surface area contributed by atoms with Gasteiger partial charge in [-0.2, -0.15) is 13.2 Å². The number of benzene rings is 3. The molecule has 5 atom stereocenters. The Kier molecular flexibility index (Phi) is 9.52. The van der Waals surface area contributed by atoms with Gasteiger partial charge in [0.05, 0.1) is 11.6 Å². The predicted octanol–water partition coefficient (Wildman–Crippen LogP) is 4.95. The van der Waals surface area contributed by atoms with Gasteiger partial charge < -0.3 is 20.9 Å². The fraction of sp³-hybridized carbons (Fsp3) is 0.412. The molecule has 43 heavy (non-hydrogen) atoms. The Morgan fingerprint density at radius 1 is 0.907 bits per heavy atom. The van der Waals surface area contributed by atoms with Crippen LogP contribution in [0.5, 0.6) is 0 Å². The molecule has 2 amide bonds. The molecule has 0 aromatic heterocycles. The number of nitrogens with two attached hydrogens (primary N) is 1. The van der Waals surface area contributed by atoms with Crippen LogP contribution < -0.4 is 11.1 Å². The highest BCUT2D eigenvalue weighted by Gasteiger charge is 2.41. The van der Waals surface area contributed by atoms with Gasteiger partial charge in [0.25, 0.3) is 0 Å². The van der Waals surface area contributed by atoms with Gasteiger partial charge in [0.15, 0.2) is 0 Å². The molecule has 0 radical (unpaired) electrons. The molecule has 0 bridgehead atoms. The van der Waals surface area contributed by atoms with Crippen molar-refractivity contribution in [1.82, 2.24) is 15.1 Å². The second-order valence-electron chi connectivity index (χ2n) is 11.9. The Morgan fingerprint density at radius 2 is 1.51 bits per heavy atom. The Labute approximate surface area is 251 Å². The summed E-state index contributed by atoms with van der Waals surface area (Å²) in [6, 6.07) is 23.5. The van der Waals surface area contributed by atoms with E-state index in [-0.39, 0.29) is 24.3 Å². The zero-order chi connectivity index (χ0) is 30.6. The van der Waals surface area contributed by atoms with Gasteiger partial charge in [0.1, 0.15) is 6.04 Å². The van der Waals surface area contributed by atoms with E-state index in [9.17, 15) is 22.8 Å². The van der Waals surface area contributed by atoms with Crippen LogP contribution in [-0.4, -0.2) is 65.9 Å². The molecule has 2 aliphatic rings. The Balaban J connectivity index is 1.37. The van der Waals surface area contributed by atoms with Gasteiger partial charge >= 0.3 is 6.18 Å². The highest BCUT2D eigenvalue weighted by Crippen LogP contribution is 2.35. The molecule has 2 fully saturated rings. The summed E-state index contributed by atoms with van der Waals surface area (Å²) in [6.07, 6.45) is -2.56. The molecule has 3 N–H and O–H groups in total. The van der Waals surface area contributed by atoms with Crippen LogP contribution >= 0.6 is 0 Å². The van der Waals surface area contributed by atoms with E-state index >= 15 is 0 Å². The van der Waals surface area contributed by atoms with Gasteiger partial charge in [-0.25, -0.2) is 0 Å². The molecular formula is C34H39F3N4O2. The molecule has 5 rings (SSSR count). The van der Waals surface area contributed by atoms with E-state index < -0.39 is 29.7 Å². The summed E-state index contributed by atoms with van der Waals surface area (Å²) in [5, 5.41) is 2.79. The highest BCUT2D eigenvalue weighted by molar-refractivity contribution is 5.90. The minimum atomic E-state index is -4.46. The summed E-state index contributed by atoms with van der Waals surface area (Å²) in [6.45, 7) is 4.60. The molecule has 2 aliphatic heterocycles. The number of carbonyl (C=O) groups is 2. The number of nitrogens with zero attached hydrogens (tertiary/aromatic N) is 2. The van der Waals surface area contributed by atoms with Gasteiger partial charge in [-0.1, -0.05) is 72.8 Å². The minimum absolute atomic E-state index is 0.0639. The van der Waals surface area contributed by atoms with Crippen molar-refractivity contribution >= 4 is 11.8 Å². The molecule has 2 saturated heterocycles. The lowest BCUT2D eigenvalue weighted by Crippen LogP contribution is -2.55. The zero-order valence-electron chi connectivity index (χ0n) is 24.3. The molecule has 0 aliphatic carbocycles. The van der Waals surface area contributed by atoms with E-state index in [1.54, 1.807) is 0 Å². The first-order valence-electron chi connectivity index (χ1n) is 14.9. The number of amides is 2. The van der Waals surface area contributed by atoms with E-state index in [1.165, 1.54) is 24.6 Å². The number of alkyl halides is 3. The SMILES string of the molecule is C[C@H](N)C(=O)N[C@@H](Cc1ccc(C(F)(F)F)cc1)C(=O)N1C[C@@H](c2ccccc2)C[C@H]1CN1CCC(c2ccccc2)C1. The Morgan fingerprint density at radius 3 is 2.09 bits per heavy atom. The Hall–Kier alpha value is -3.69. The molecule has 1 unspecified atom stereocenters. The first kappa shape index (κ1) is 30.8. The van der Waals surface area contributed by atoms with E-state index in [2.05, 4.69) is 46.6 Å². The summed E-state index contributed by atoms with van der Waals surface area (Å²) >= 11 is 0. The maximum Gasteiger partial charge on any atom is 0.416 e. The number of likely N-dealkylation sites (tertiary alicyclic amines) is 2. The van der Waals surface area contributed by atoms with Crippen LogP contribution in [0.15, 0.2) is 84.9 Å². The summed E-state index contributed by atoms with van der Waals surface area (Å²) in [5.41, 5.74) is 8.07. The first-order chi connectivity index (χ1) is 20.6. The Bertz CT molecular complexity index is 1370. The fourth-order valence-electron chi connectivity index (χ4n) is 6.39. The van der Waals surface area contributed by atoms with Gasteiger partial charge in [-0.15, -0.1) is 0 Å². The van der Waals surface area contributed by atoms with Crippen molar-refractivity contribution in [2.75, 3.05) is 26.2 Å². The number of nitrogens with one attached hydrogen (secondary N) is 1. The number of carbonyl (C=O) groups excluding carboxylic acids is 2. The van der Waals surface area contributed by atoms with Crippen molar-refractivity contribution in [2.45, 2.75) is 62.3 Å². The van der Waals surface area contributed by atoms with Crippen molar-refractivity contribution < 1.29 is 22.8 Å². The van der Waals surface area contributed by atoms with Gasteiger partial charge in [0.2, 0.25) is 11.8 Å². The maximum absolute atomic E-state index is 14.3. The molecule has 3 aromatic carbocycles. The average Bonchev–Trinajstić information content (AvgIpc) is 3.65. The quantitative estimate of drug-likeness (QED) is 0.369. The standard InChI is InChI=1S/C34H39F3N4O2/c1-23(38)32(42)39-31(18-24-12-14-29(15-13-24)34(35,36)37)33(43)41-21-28(26-10-6-3-7-11-26)19-30(41)22-40-17-16-27(20-40)25-8-4-2-5-9-25/h2-15,23,27-28,30-31H,16-22,38H2,1H3,(H,39,42)/t23-,27?,28-,30-,31-/m0/s1. The van der Waals surface area contributed by atoms with Crippen LogP contribution in [0.1, 0.15) is 53.9 Å². The van der Waals surface area contributed by atoms with Crippen LogP contribution in [0.2, 0.25) is 0 Å². The van der Waals surface area contributed by atoms with E-state index in [0.29, 0.717) is 24.6 Å². The largest absolute Gasteiger partial charge is 0.416 e. The summed E-state index contributed by atoms with van der Waals surface area (Å²) in [7, 11) is 0. The van der Waals surface area contributed by atoms with Crippen molar-refractivity contribution in [3.63, 3.8) is 0 Å². The highest BCUT2D eigenvalue weighted by atomic mass is 19.4. The maximum atomic E-state index is 14.3. The third kappa shape index (κ3) is 7.64. The topological polar surface area (TPSA) is 78.7 Å². The molecule has 6 nitrogen and oxygen atoms in total. The van der Waals surface area contributed by atoms with Crippen LogP contribution in [0, 0.1) is 0 Å². The lowest BCUT2D eigenvalue weighted by Gasteiger charge is -2.32. The van der Waals surface area contributed by atoms with E-state index in [1.807, 2.05) is 29.2 Å². The summed E-state index contributed by atoms with van der Waals surface area (Å²) in [4.78, 5) is 31.3. The van der Waals surface area contributed by atoms with Gasteiger partial charge in [0, 0.05) is 38.0 Å². The van der Waals surface area contributed by atoms with Crippen molar-refractivity contribution in [3.05, 3.63) is 107 Å².